The summed E-state index contributed by atoms with van der Waals surface area (Å²) in [6, 6.07) is 11.1. The van der Waals surface area contributed by atoms with E-state index >= 15 is 0 Å². The number of aryl methyl sites for hydroxylation is 2. The molecule has 19 heavy (non-hydrogen) atoms. The highest BCUT2D eigenvalue weighted by Gasteiger charge is 2.07. The molecule has 3 nitrogen and oxygen atoms in total. The van der Waals surface area contributed by atoms with Crippen molar-refractivity contribution < 1.29 is 9.21 Å². The number of carbonyl (C=O) groups excluding carboxylic acids is 1. The molecule has 1 heterocycles. The lowest BCUT2D eigenvalue weighted by atomic mass is 10.2. The third kappa shape index (κ3) is 3.86. The molecule has 0 aliphatic rings. The SMILES string of the molecule is CCc1ccc(CCC(=O)Nc2ccccc2Cl)o1. The van der Waals surface area contributed by atoms with Crippen LogP contribution in [0.15, 0.2) is 40.8 Å². The van der Waals surface area contributed by atoms with Gasteiger partial charge in [-0.3, -0.25) is 4.79 Å². The lowest BCUT2D eigenvalue weighted by Crippen LogP contribution is -2.12. The maximum absolute atomic E-state index is 11.8. The van der Waals surface area contributed by atoms with Crippen LogP contribution in [-0.2, 0) is 17.6 Å². The number of anilines is 1. The van der Waals surface area contributed by atoms with Crippen LogP contribution in [0.4, 0.5) is 5.69 Å². The molecule has 2 aromatic rings. The highest BCUT2D eigenvalue weighted by Crippen LogP contribution is 2.20. The van der Waals surface area contributed by atoms with Gasteiger partial charge in [-0.1, -0.05) is 30.7 Å². The van der Waals surface area contributed by atoms with Crippen molar-refractivity contribution in [2.45, 2.75) is 26.2 Å². The van der Waals surface area contributed by atoms with E-state index in [9.17, 15) is 4.79 Å². The summed E-state index contributed by atoms with van der Waals surface area (Å²) in [6.07, 6.45) is 1.84. The monoisotopic (exact) mass is 277 g/mol. The number of rotatable bonds is 5. The Morgan fingerprint density at radius 2 is 1.95 bits per heavy atom. The number of hydrogen-bond donors (Lipinski definition) is 1. The zero-order valence-electron chi connectivity index (χ0n) is 10.8. The quantitative estimate of drug-likeness (QED) is 0.895. The van der Waals surface area contributed by atoms with E-state index in [1.165, 1.54) is 0 Å². The van der Waals surface area contributed by atoms with Crippen molar-refractivity contribution in [3.63, 3.8) is 0 Å². The van der Waals surface area contributed by atoms with Crippen molar-refractivity contribution in [2.24, 2.45) is 0 Å². The topological polar surface area (TPSA) is 42.2 Å². The second-order valence-corrected chi connectivity index (χ2v) is 4.66. The Balaban J connectivity index is 1.86. The minimum Gasteiger partial charge on any atom is -0.466 e. The van der Waals surface area contributed by atoms with Gasteiger partial charge in [-0.15, -0.1) is 0 Å². The Hall–Kier alpha value is -1.74. The highest BCUT2D eigenvalue weighted by molar-refractivity contribution is 6.33. The van der Waals surface area contributed by atoms with Gasteiger partial charge in [0.2, 0.25) is 5.91 Å². The summed E-state index contributed by atoms with van der Waals surface area (Å²) in [4.78, 5) is 11.8. The van der Waals surface area contributed by atoms with E-state index in [1.807, 2.05) is 31.2 Å². The second-order valence-electron chi connectivity index (χ2n) is 4.25. The van der Waals surface area contributed by atoms with E-state index in [4.69, 9.17) is 16.0 Å². The van der Waals surface area contributed by atoms with Gasteiger partial charge in [0.25, 0.3) is 0 Å². The van der Waals surface area contributed by atoms with E-state index in [0.29, 0.717) is 23.6 Å². The van der Waals surface area contributed by atoms with Crippen LogP contribution < -0.4 is 5.32 Å². The van der Waals surface area contributed by atoms with E-state index < -0.39 is 0 Å². The van der Waals surface area contributed by atoms with Crippen molar-refractivity contribution in [3.05, 3.63) is 52.9 Å². The van der Waals surface area contributed by atoms with Crippen molar-refractivity contribution in [2.75, 3.05) is 5.32 Å². The van der Waals surface area contributed by atoms with Crippen LogP contribution >= 0.6 is 11.6 Å². The summed E-state index contributed by atoms with van der Waals surface area (Å²) in [7, 11) is 0. The van der Waals surface area contributed by atoms with Crippen molar-refractivity contribution in [1.29, 1.82) is 0 Å². The fourth-order valence-corrected chi connectivity index (χ4v) is 1.94. The van der Waals surface area contributed by atoms with E-state index in [-0.39, 0.29) is 5.91 Å². The molecule has 2 rings (SSSR count). The molecule has 4 heteroatoms. The Kier molecular flexibility index (Phi) is 4.63. The Labute approximate surface area is 117 Å². The molecule has 0 bridgehead atoms. The Bertz CT molecular complexity index is 563. The van der Waals surface area contributed by atoms with Gasteiger partial charge >= 0.3 is 0 Å². The van der Waals surface area contributed by atoms with Crippen molar-refractivity contribution in [3.8, 4) is 0 Å². The largest absolute Gasteiger partial charge is 0.466 e. The number of carbonyl (C=O) groups is 1. The normalized spacial score (nSPS) is 10.4. The maximum Gasteiger partial charge on any atom is 0.224 e. The molecule has 0 aliphatic carbocycles. The third-order valence-electron chi connectivity index (χ3n) is 2.81. The van der Waals surface area contributed by atoms with Crippen LogP contribution in [0.5, 0.6) is 0 Å². The summed E-state index contributed by atoms with van der Waals surface area (Å²) in [5, 5.41) is 3.33. The molecule has 0 aliphatic heterocycles. The van der Waals surface area contributed by atoms with Crippen molar-refractivity contribution in [1.82, 2.24) is 0 Å². The van der Waals surface area contributed by atoms with Crippen LogP contribution in [0.1, 0.15) is 24.9 Å². The molecule has 0 radical (unpaired) electrons. The molecule has 0 atom stereocenters. The standard InChI is InChI=1S/C15H16ClNO2/c1-2-11-7-8-12(19-11)9-10-15(18)17-14-6-4-3-5-13(14)16/h3-8H,2,9-10H2,1H3,(H,17,18). The molecule has 1 aromatic carbocycles. The summed E-state index contributed by atoms with van der Waals surface area (Å²) < 4.78 is 5.55. The van der Waals surface area contributed by atoms with Gasteiger partial charge in [0.1, 0.15) is 11.5 Å². The number of furan rings is 1. The first kappa shape index (κ1) is 13.7. The number of nitrogens with one attached hydrogen (secondary N) is 1. The molecule has 100 valence electrons. The summed E-state index contributed by atoms with van der Waals surface area (Å²) in [5.41, 5.74) is 0.642. The predicted octanol–water partition coefficient (Wildman–Crippen LogP) is 4.07. The van der Waals surface area contributed by atoms with Crippen LogP contribution in [0.3, 0.4) is 0 Å². The highest BCUT2D eigenvalue weighted by atomic mass is 35.5. The number of hydrogen-bond acceptors (Lipinski definition) is 2. The molecule has 0 unspecified atom stereocenters. The number of benzene rings is 1. The first-order valence-electron chi connectivity index (χ1n) is 6.31. The first-order chi connectivity index (χ1) is 9.19. The fraction of sp³-hybridized carbons (Fsp3) is 0.267. The lowest BCUT2D eigenvalue weighted by Gasteiger charge is -2.06. The first-order valence-corrected chi connectivity index (χ1v) is 6.69. The summed E-state index contributed by atoms with van der Waals surface area (Å²) in [5.74, 6) is 1.72. The van der Waals surface area contributed by atoms with Crippen LogP contribution in [0.2, 0.25) is 5.02 Å². The number of halogens is 1. The fourth-order valence-electron chi connectivity index (χ4n) is 1.76. The maximum atomic E-state index is 11.8. The predicted molar refractivity (Wildman–Crippen MR) is 76.5 cm³/mol. The molecule has 1 amide bonds. The van der Waals surface area contributed by atoms with E-state index in [1.54, 1.807) is 12.1 Å². The Morgan fingerprint density at radius 1 is 1.21 bits per heavy atom. The molecular formula is C15H16ClNO2. The van der Waals surface area contributed by atoms with Crippen molar-refractivity contribution >= 4 is 23.2 Å². The van der Waals surface area contributed by atoms with Gasteiger partial charge in [-0.2, -0.15) is 0 Å². The van der Waals surface area contributed by atoms with Crippen LogP contribution in [0, 0.1) is 0 Å². The van der Waals surface area contributed by atoms with Gasteiger partial charge in [-0.25, -0.2) is 0 Å². The smallest absolute Gasteiger partial charge is 0.224 e. The molecule has 1 aromatic heterocycles. The number of amides is 1. The molecule has 0 spiro atoms. The number of para-hydroxylation sites is 1. The minimum atomic E-state index is -0.0671. The molecule has 1 N–H and O–H groups in total. The third-order valence-corrected chi connectivity index (χ3v) is 3.14. The molecule has 0 fully saturated rings. The summed E-state index contributed by atoms with van der Waals surface area (Å²) in [6.45, 7) is 2.03. The average molecular weight is 278 g/mol. The lowest BCUT2D eigenvalue weighted by molar-refractivity contribution is -0.116. The summed E-state index contributed by atoms with van der Waals surface area (Å²) >= 11 is 5.97. The van der Waals surface area contributed by atoms with Gasteiger partial charge in [0.15, 0.2) is 0 Å². The Morgan fingerprint density at radius 3 is 2.63 bits per heavy atom. The van der Waals surface area contributed by atoms with E-state index in [0.717, 1.165) is 17.9 Å². The molecular weight excluding hydrogens is 262 g/mol. The minimum absolute atomic E-state index is 0.0671. The second kappa shape index (κ2) is 6.43. The van der Waals surface area contributed by atoms with Gasteiger partial charge in [0.05, 0.1) is 10.7 Å². The zero-order chi connectivity index (χ0) is 13.7. The van der Waals surface area contributed by atoms with Gasteiger partial charge in [-0.05, 0) is 24.3 Å². The van der Waals surface area contributed by atoms with Gasteiger partial charge in [0, 0.05) is 19.3 Å². The van der Waals surface area contributed by atoms with Crippen LogP contribution in [0.25, 0.3) is 0 Å². The van der Waals surface area contributed by atoms with Crippen LogP contribution in [-0.4, -0.2) is 5.91 Å². The molecule has 0 saturated heterocycles. The van der Waals surface area contributed by atoms with Gasteiger partial charge < -0.3 is 9.73 Å². The zero-order valence-corrected chi connectivity index (χ0v) is 11.5. The van der Waals surface area contributed by atoms with E-state index in [2.05, 4.69) is 5.32 Å². The molecule has 0 saturated carbocycles. The average Bonchev–Trinajstić information content (AvgIpc) is 2.87.